The lowest BCUT2D eigenvalue weighted by molar-refractivity contribution is -0.128. The Kier molecular flexibility index (Phi) is 3.55. The van der Waals surface area contributed by atoms with Gasteiger partial charge in [0.1, 0.15) is 0 Å². The molecule has 13 heavy (non-hydrogen) atoms. The zero-order valence-electron chi connectivity index (χ0n) is 7.99. The van der Waals surface area contributed by atoms with Crippen LogP contribution in [0.5, 0.6) is 0 Å². The first-order valence-electron chi connectivity index (χ1n) is 4.66. The summed E-state index contributed by atoms with van der Waals surface area (Å²) in [5.41, 5.74) is 6.35. The molecule has 1 aliphatic heterocycles. The molecule has 0 unspecified atom stereocenters. The van der Waals surface area contributed by atoms with Crippen molar-refractivity contribution in [2.75, 3.05) is 6.54 Å². The van der Waals surface area contributed by atoms with E-state index in [4.69, 9.17) is 5.73 Å². The zero-order valence-corrected chi connectivity index (χ0v) is 7.99. The van der Waals surface area contributed by atoms with E-state index in [9.17, 15) is 4.79 Å². The molecule has 0 aromatic carbocycles. The first-order chi connectivity index (χ1) is 6.24. The molecule has 0 bridgehead atoms. The summed E-state index contributed by atoms with van der Waals surface area (Å²) in [7, 11) is 0. The molecule has 3 heteroatoms. The SMILES string of the molecule is CCCCC(=O)N1C=CC=C(N)C1. The highest BCUT2D eigenvalue weighted by molar-refractivity contribution is 5.77. The summed E-state index contributed by atoms with van der Waals surface area (Å²) in [4.78, 5) is 13.2. The van der Waals surface area contributed by atoms with Crippen molar-refractivity contribution in [1.82, 2.24) is 4.90 Å². The maximum absolute atomic E-state index is 11.5. The Balaban J connectivity index is 2.41. The van der Waals surface area contributed by atoms with Crippen LogP contribution in [-0.2, 0) is 4.79 Å². The Morgan fingerprint density at radius 3 is 3.08 bits per heavy atom. The quantitative estimate of drug-likeness (QED) is 0.713. The molecular formula is C10H16N2O. The van der Waals surface area contributed by atoms with Crippen LogP contribution in [0, 0.1) is 0 Å². The lowest BCUT2D eigenvalue weighted by atomic mass is 10.2. The van der Waals surface area contributed by atoms with Crippen LogP contribution in [0.3, 0.4) is 0 Å². The molecule has 0 aliphatic carbocycles. The fraction of sp³-hybridized carbons (Fsp3) is 0.500. The van der Waals surface area contributed by atoms with Gasteiger partial charge in [0.25, 0.3) is 0 Å². The molecule has 0 saturated heterocycles. The van der Waals surface area contributed by atoms with Crippen molar-refractivity contribution in [3.8, 4) is 0 Å². The average Bonchev–Trinajstić information content (AvgIpc) is 2.14. The zero-order chi connectivity index (χ0) is 9.68. The van der Waals surface area contributed by atoms with Crippen molar-refractivity contribution in [2.24, 2.45) is 5.73 Å². The molecule has 0 saturated carbocycles. The van der Waals surface area contributed by atoms with Gasteiger partial charge >= 0.3 is 0 Å². The van der Waals surface area contributed by atoms with E-state index in [0.29, 0.717) is 13.0 Å². The van der Waals surface area contributed by atoms with Gasteiger partial charge in [0.2, 0.25) is 5.91 Å². The standard InChI is InChI=1S/C10H16N2O/c1-2-3-6-10(13)12-7-4-5-9(11)8-12/h4-5,7H,2-3,6,8,11H2,1H3. The maximum atomic E-state index is 11.5. The van der Waals surface area contributed by atoms with Crippen LogP contribution >= 0.6 is 0 Å². The molecule has 0 atom stereocenters. The fourth-order valence-electron chi connectivity index (χ4n) is 1.22. The van der Waals surface area contributed by atoms with E-state index < -0.39 is 0 Å². The highest BCUT2D eigenvalue weighted by Gasteiger charge is 2.12. The topological polar surface area (TPSA) is 46.3 Å². The van der Waals surface area contributed by atoms with Gasteiger partial charge in [-0.15, -0.1) is 0 Å². The average molecular weight is 180 g/mol. The lowest BCUT2D eigenvalue weighted by Gasteiger charge is -2.20. The number of hydrogen-bond donors (Lipinski definition) is 1. The number of carbonyl (C=O) groups excluding carboxylic acids is 1. The van der Waals surface area contributed by atoms with Crippen molar-refractivity contribution < 1.29 is 4.79 Å². The Morgan fingerprint density at radius 1 is 1.69 bits per heavy atom. The van der Waals surface area contributed by atoms with Gasteiger partial charge in [-0.2, -0.15) is 0 Å². The Hall–Kier alpha value is -1.25. The largest absolute Gasteiger partial charge is 0.401 e. The Bertz CT molecular complexity index is 243. The number of nitrogens with two attached hydrogens (primary N) is 1. The van der Waals surface area contributed by atoms with Gasteiger partial charge in [-0.25, -0.2) is 0 Å². The third-order valence-corrected chi connectivity index (χ3v) is 1.99. The second-order valence-electron chi connectivity index (χ2n) is 3.21. The number of amides is 1. The minimum atomic E-state index is 0.161. The van der Waals surface area contributed by atoms with Crippen LogP contribution in [0.2, 0.25) is 0 Å². The third-order valence-electron chi connectivity index (χ3n) is 1.99. The summed E-state index contributed by atoms with van der Waals surface area (Å²) < 4.78 is 0. The highest BCUT2D eigenvalue weighted by Crippen LogP contribution is 2.06. The van der Waals surface area contributed by atoms with E-state index in [1.807, 2.05) is 12.2 Å². The summed E-state index contributed by atoms with van der Waals surface area (Å²) in [6.07, 6.45) is 8.04. The molecule has 1 heterocycles. The van der Waals surface area contributed by atoms with Crippen LogP contribution in [0.4, 0.5) is 0 Å². The van der Waals surface area contributed by atoms with Crippen LogP contribution in [0.25, 0.3) is 0 Å². The molecule has 0 aromatic rings. The second kappa shape index (κ2) is 4.70. The first-order valence-corrected chi connectivity index (χ1v) is 4.66. The van der Waals surface area contributed by atoms with Gasteiger partial charge in [0, 0.05) is 18.3 Å². The minimum Gasteiger partial charge on any atom is -0.401 e. The van der Waals surface area contributed by atoms with Gasteiger partial charge in [-0.3, -0.25) is 4.79 Å². The van der Waals surface area contributed by atoms with Crippen molar-refractivity contribution in [2.45, 2.75) is 26.2 Å². The summed E-state index contributed by atoms with van der Waals surface area (Å²) in [5, 5.41) is 0. The number of nitrogens with zero attached hydrogens (tertiary/aromatic N) is 1. The summed E-state index contributed by atoms with van der Waals surface area (Å²) >= 11 is 0. The number of rotatable bonds is 3. The second-order valence-corrected chi connectivity index (χ2v) is 3.21. The van der Waals surface area contributed by atoms with Crippen molar-refractivity contribution >= 4 is 5.91 Å². The van der Waals surface area contributed by atoms with E-state index in [-0.39, 0.29) is 5.91 Å². The predicted octanol–water partition coefficient (Wildman–Crippen LogP) is 1.38. The third kappa shape index (κ3) is 2.93. The molecule has 0 radical (unpaired) electrons. The van der Waals surface area contributed by atoms with E-state index in [1.165, 1.54) is 0 Å². The molecule has 2 N–H and O–H groups in total. The molecule has 72 valence electrons. The van der Waals surface area contributed by atoms with Crippen molar-refractivity contribution in [3.63, 3.8) is 0 Å². The molecule has 1 aliphatic rings. The molecule has 0 fully saturated rings. The van der Waals surface area contributed by atoms with E-state index >= 15 is 0 Å². The molecule has 0 aromatic heterocycles. The highest BCUT2D eigenvalue weighted by atomic mass is 16.2. The van der Waals surface area contributed by atoms with Crippen molar-refractivity contribution in [1.29, 1.82) is 0 Å². The molecule has 1 amide bonds. The van der Waals surface area contributed by atoms with Gasteiger partial charge in [-0.05, 0) is 18.6 Å². The predicted molar refractivity (Wildman–Crippen MR) is 52.6 cm³/mol. The van der Waals surface area contributed by atoms with E-state index in [0.717, 1.165) is 18.5 Å². The Labute approximate surface area is 78.9 Å². The van der Waals surface area contributed by atoms with E-state index in [2.05, 4.69) is 6.92 Å². The van der Waals surface area contributed by atoms with Gasteiger partial charge in [-0.1, -0.05) is 13.3 Å². The maximum Gasteiger partial charge on any atom is 0.226 e. The number of carbonyl (C=O) groups is 1. The smallest absolute Gasteiger partial charge is 0.226 e. The monoisotopic (exact) mass is 180 g/mol. The van der Waals surface area contributed by atoms with Crippen LogP contribution < -0.4 is 5.73 Å². The fourth-order valence-corrected chi connectivity index (χ4v) is 1.22. The molecule has 3 nitrogen and oxygen atoms in total. The lowest BCUT2D eigenvalue weighted by Crippen LogP contribution is -2.31. The summed E-state index contributed by atoms with van der Waals surface area (Å²) in [5.74, 6) is 0.161. The van der Waals surface area contributed by atoms with Crippen LogP contribution in [0.1, 0.15) is 26.2 Å². The normalized spacial score (nSPS) is 15.8. The molecule has 0 spiro atoms. The van der Waals surface area contributed by atoms with Crippen LogP contribution in [-0.4, -0.2) is 17.4 Å². The first kappa shape index (κ1) is 9.84. The number of unbranched alkanes of at least 4 members (excludes halogenated alkanes) is 1. The molecule has 1 rings (SSSR count). The van der Waals surface area contributed by atoms with Gasteiger partial charge in [0.05, 0.1) is 6.54 Å². The van der Waals surface area contributed by atoms with E-state index in [1.54, 1.807) is 11.1 Å². The summed E-state index contributed by atoms with van der Waals surface area (Å²) in [6, 6.07) is 0. The van der Waals surface area contributed by atoms with Crippen molar-refractivity contribution in [3.05, 3.63) is 24.0 Å². The molecular weight excluding hydrogens is 164 g/mol. The summed E-state index contributed by atoms with van der Waals surface area (Å²) in [6.45, 7) is 2.62. The van der Waals surface area contributed by atoms with Gasteiger partial charge in [0.15, 0.2) is 0 Å². The number of allylic oxidation sites excluding steroid dienone is 2. The number of hydrogen-bond acceptors (Lipinski definition) is 2. The Morgan fingerprint density at radius 2 is 2.46 bits per heavy atom. The van der Waals surface area contributed by atoms with Crippen LogP contribution in [0.15, 0.2) is 24.0 Å². The minimum absolute atomic E-state index is 0.161. The van der Waals surface area contributed by atoms with Gasteiger partial charge < -0.3 is 10.6 Å².